The second-order valence-electron chi connectivity index (χ2n) is 0.512. The molecule has 0 aliphatic rings. The molecule has 0 spiro atoms. The van der Waals surface area contributed by atoms with Crippen LogP contribution in [0.4, 0.5) is 0 Å². The molecule has 0 saturated carbocycles. The van der Waals surface area contributed by atoms with Gasteiger partial charge in [-0.15, -0.1) is 44.3 Å². The number of rotatable bonds is 0. The first-order valence-electron chi connectivity index (χ1n) is 1.16. The summed E-state index contributed by atoms with van der Waals surface area (Å²) >= 11 is 19.9. The van der Waals surface area contributed by atoms with Gasteiger partial charge in [-0.2, -0.15) is 0 Å². The summed E-state index contributed by atoms with van der Waals surface area (Å²) in [5.74, 6) is 0. The highest BCUT2D eigenvalue weighted by Crippen LogP contribution is 2.23. The van der Waals surface area contributed by atoms with Crippen LogP contribution in [0.3, 0.4) is 0 Å². The van der Waals surface area contributed by atoms with E-state index in [9.17, 15) is 0 Å². The molecule has 0 fully saturated rings. The summed E-state index contributed by atoms with van der Waals surface area (Å²) in [6.07, 6.45) is 0. The fourth-order valence-electron chi connectivity index (χ4n) is 0. The van der Waals surface area contributed by atoms with Gasteiger partial charge in [-0.3, -0.25) is 8.92 Å². The van der Waals surface area contributed by atoms with Crippen LogP contribution in [0, 0.1) is 0 Å². The predicted molar refractivity (Wildman–Crippen MR) is 36.3 cm³/mol. The summed E-state index contributed by atoms with van der Waals surface area (Å²) in [5.41, 5.74) is 0. The first kappa shape index (κ1) is 11.9. The minimum atomic E-state index is -2.72. The van der Waals surface area contributed by atoms with E-state index >= 15 is 0 Å². The maximum atomic E-state index is 8.40. The van der Waals surface area contributed by atoms with Crippen molar-refractivity contribution in [3.8, 4) is 0 Å². The molecule has 0 heterocycles. The molecule has 0 atom stereocenters. The van der Waals surface area contributed by atoms with Crippen LogP contribution in [0.5, 0.6) is 0 Å². The van der Waals surface area contributed by atoms with E-state index in [1.165, 1.54) is 0 Å². The number of hydrogen-bond donors (Lipinski definition) is 0. The zero-order chi connectivity index (χ0) is 7.21. The fourth-order valence-corrected chi connectivity index (χ4v) is 0. The second-order valence-corrected chi connectivity index (χ2v) is 11.8. The van der Waals surface area contributed by atoms with Crippen molar-refractivity contribution >= 4 is 58.9 Å². The molecule has 0 aromatic carbocycles. The Kier molecular flexibility index (Phi) is 9.42. The fraction of sp³-hybridized carbons (Fsp3) is 0. The van der Waals surface area contributed by atoms with Crippen molar-refractivity contribution < 1.29 is 8.92 Å². The topological polar surface area (TPSA) is 34.1 Å². The van der Waals surface area contributed by atoms with Crippen molar-refractivity contribution in [3.63, 3.8) is 0 Å². The van der Waals surface area contributed by atoms with Crippen LogP contribution >= 0.6 is 44.3 Å². The molecule has 8 heavy (non-hydrogen) atoms. The third kappa shape index (κ3) is 194. The van der Waals surface area contributed by atoms with Crippen LogP contribution in [0.1, 0.15) is 0 Å². The molecule has 0 bridgehead atoms. The Labute approximate surface area is 67.8 Å². The van der Waals surface area contributed by atoms with E-state index in [2.05, 4.69) is 0 Å². The normalized spacial score (nSPS) is 8.50. The largest absolute Gasteiger partial charge is 0.549 e. The first-order chi connectivity index (χ1) is 3.41. The van der Waals surface area contributed by atoms with Crippen LogP contribution < -0.4 is 0 Å². The Balaban J connectivity index is 0. The third-order valence-electron chi connectivity index (χ3n) is 0. The summed E-state index contributed by atoms with van der Waals surface area (Å²) < 4.78 is 16.8. The summed E-state index contributed by atoms with van der Waals surface area (Å²) in [7, 11) is -1.42. The van der Waals surface area contributed by atoms with E-state index in [0.717, 1.165) is 0 Å². The van der Waals surface area contributed by atoms with Gasteiger partial charge in [-0.25, -0.2) is 0 Å². The van der Waals surface area contributed by atoms with Gasteiger partial charge in [0.05, 0.1) is 0 Å². The molecule has 0 radical (unpaired) electrons. The summed E-state index contributed by atoms with van der Waals surface area (Å²) in [5, 5.41) is -2.72. The standard InChI is InChI=1S/Cl4Si.O2Si/c1-5(2,3)4;1-3-2. The van der Waals surface area contributed by atoms with Gasteiger partial charge < -0.3 is 0 Å². The van der Waals surface area contributed by atoms with Crippen molar-refractivity contribution in [1.29, 1.82) is 0 Å². The van der Waals surface area contributed by atoms with Crippen LogP contribution in [0.2, 0.25) is 0 Å². The van der Waals surface area contributed by atoms with Crippen molar-refractivity contribution in [2.24, 2.45) is 0 Å². The Morgan fingerprint density at radius 1 is 1.00 bits per heavy atom. The third-order valence-corrected chi connectivity index (χ3v) is 0. The molecular weight excluding hydrogens is 230 g/mol. The van der Waals surface area contributed by atoms with Crippen molar-refractivity contribution in [1.82, 2.24) is 0 Å². The Hall–Kier alpha value is 1.19. The summed E-state index contributed by atoms with van der Waals surface area (Å²) in [6.45, 7) is 0. The Morgan fingerprint density at radius 2 is 1.00 bits per heavy atom. The predicted octanol–water partition coefficient (Wildman–Crippen LogP) is 1.76. The van der Waals surface area contributed by atoms with Crippen molar-refractivity contribution in [3.05, 3.63) is 0 Å². The molecule has 0 rings (SSSR count). The lowest BCUT2D eigenvalue weighted by atomic mass is 15.9. The molecule has 0 saturated heterocycles. The Bertz CT molecular complexity index is 72.5. The average Bonchev–Trinajstić information content (AvgIpc) is 1.27. The average molecular weight is 230 g/mol. The minimum absolute atomic E-state index is 1.42. The molecule has 0 unspecified atom stereocenters. The van der Waals surface area contributed by atoms with E-state index in [1.807, 2.05) is 0 Å². The van der Waals surface area contributed by atoms with Crippen LogP contribution in [0.25, 0.3) is 0 Å². The molecule has 48 valence electrons. The lowest BCUT2D eigenvalue weighted by molar-refractivity contribution is 0.497. The smallest absolute Gasteiger partial charge is 0.274 e. The van der Waals surface area contributed by atoms with E-state index in [1.54, 1.807) is 0 Å². The SMILES string of the molecule is Cl[Si](Cl)(Cl)Cl.O=[Si]=O. The molecule has 2 nitrogen and oxygen atoms in total. The van der Waals surface area contributed by atoms with Gasteiger partial charge in [0.25, 0.3) is 0 Å². The summed E-state index contributed by atoms with van der Waals surface area (Å²) in [6, 6.07) is 0. The van der Waals surface area contributed by atoms with Gasteiger partial charge >= 0.3 is 14.6 Å². The van der Waals surface area contributed by atoms with Crippen LogP contribution in [-0.2, 0) is 8.92 Å². The van der Waals surface area contributed by atoms with E-state index in [0.29, 0.717) is 0 Å². The van der Waals surface area contributed by atoms with Gasteiger partial charge in [0.15, 0.2) is 0 Å². The molecular formula is Cl4O2Si2. The maximum absolute atomic E-state index is 8.40. The van der Waals surface area contributed by atoms with Gasteiger partial charge in [-0.1, -0.05) is 0 Å². The summed E-state index contributed by atoms with van der Waals surface area (Å²) in [4.78, 5) is 0. The molecule has 0 aromatic heterocycles. The quantitative estimate of drug-likeness (QED) is 0.469. The highest BCUT2D eigenvalue weighted by Gasteiger charge is 2.19. The van der Waals surface area contributed by atoms with Crippen LogP contribution in [-0.4, -0.2) is 14.6 Å². The maximum Gasteiger partial charge on any atom is 0.549 e. The minimum Gasteiger partial charge on any atom is -0.274 e. The molecule has 8 heteroatoms. The van der Waals surface area contributed by atoms with Gasteiger partial charge in [0.2, 0.25) is 0 Å². The second kappa shape index (κ2) is 6.32. The molecule has 0 aliphatic heterocycles. The van der Waals surface area contributed by atoms with Gasteiger partial charge in [0, 0.05) is 0 Å². The monoisotopic (exact) mass is 228 g/mol. The van der Waals surface area contributed by atoms with Crippen molar-refractivity contribution in [2.75, 3.05) is 0 Å². The lowest BCUT2D eigenvalue weighted by Gasteiger charge is -1.85. The zero-order valence-corrected chi connectivity index (χ0v) is 8.35. The lowest BCUT2D eigenvalue weighted by Crippen LogP contribution is -1.91. The zero-order valence-electron chi connectivity index (χ0n) is 3.33. The van der Waals surface area contributed by atoms with Gasteiger partial charge in [0.1, 0.15) is 0 Å². The highest BCUT2D eigenvalue weighted by atomic mass is 36.0. The van der Waals surface area contributed by atoms with E-state index in [4.69, 9.17) is 53.2 Å². The van der Waals surface area contributed by atoms with Crippen LogP contribution in [0.15, 0.2) is 0 Å². The van der Waals surface area contributed by atoms with Crippen molar-refractivity contribution in [2.45, 2.75) is 0 Å². The highest BCUT2D eigenvalue weighted by molar-refractivity contribution is 7.81. The van der Waals surface area contributed by atoms with Gasteiger partial charge in [-0.05, 0) is 0 Å². The molecule has 0 N–H and O–H groups in total. The molecule has 0 aliphatic carbocycles. The van der Waals surface area contributed by atoms with E-state index in [-0.39, 0.29) is 0 Å². The number of hydrogen-bond acceptors (Lipinski definition) is 2. The molecule has 0 amide bonds. The Morgan fingerprint density at radius 3 is 1.00 bits per heavy atom. The molecule has 0 aromatic rings. The van der Waals surface area contributed by atoms with E-state index < -0.39 is 14.6 Å². The first-order valence-corrected chi connectivity index (χ1v) is 8.03. The number of halogens is 4.